The molecule has 2 aromatic rings. The predicted octanol–water partition coefficient (Wildman–Crippen LogP) is 2.76. The van der Waals surface area contributed by atoms with Crippen LogP contribution >= 0.6 is 0 Å². The van der Waals surface area contributed by atoms with Crippen molar-refractivity contribution in [2.24, 2.45) is 0 Å². The minimum atomic E-state index is -3.81. The number of hydrogen-bond donors (Lipinski definition) is 3. The van der Waals surface area contributed by atoms with Crippen LogP contribution < -0.4 is 15.6 Å². The normalized spacial score (nSPS) is 21.2. The molecule has 130 valence electrons. The first-order valence-corrected chi connectivity index (χ1v) is 9.15. The second-order valence-electron chi connectivity index (χ2n) is 6.12. The number of anilines is 1. The van der Waals surface area contributed by atoms with Gasteiger partial charge in [0, 0.05) is 17.8 Å². The van der Waals surface area contributed by atoms with Crippen molar-refractivity contribution in [3.8, 4) is 0 Å². The molecule has 0 amide bonds. The van der Waals surface area contributed by atoms with Gasteiger partial charge in [-0.15, -0.1) is 0 Å². The van der Waals surface area contributed by atoms with Gasteiger partial charge in [-0.25, -0.2) is 18.2 Å². The maximum Gasteiger partial charge on any atom is 0.265 e. The molecule has 1 saturated heterocycles. The summed E-state index contributed by atoms with van der Waals surface area (Å²) in [5.74, 6) is 0.506. The van der Waals surface area contributed by atoms with Crippen LogP contribution in [-0.4, -0.2) is 14.5 Å². The Morgan fingerprint density at radius 3 is 2.62 bits per heavy atom. The number of rotatable bonds is 4. The van der Waals surface area contributed by atoms with Gasteiger partial charge in [0.1, 0.15) is 22.2 Å². The summed E-state index contributed by atoms with van der Waals surface area (Å²) >= 11 is 0. The molecule has 2 heterocycles. The average Bonchev–Trinajstić information content (AvgIpc) is 3.09. The zero-order valence-electron chi connectivity index (χ0n) is 13.7. The second kappa shape index (κ2) is 6.19. The van der Waals surface area contributed by atoms with Crippen LogP contribution in [0, 0.1) is 19.7 Å². The fourth-order valence-electron chi connectivity index (χ4n) is 2.75. The zero-order valence-corrected chi connectivity index (χ0v) is 14.5. The van der Waals surface area contributed by atoms with Gasteiger partial charge in [-0.05, 0) is 51.0 Å². The lowest BCUT2D eigenvalue weighted by molar-refractivity contribution is 0.416. The van der Waals surface area contributed by atoms with Gasteiger partial charge in [0.05, 0.1) is 6.04 Å². The van der Waals surface area contributed by atoms with E-state index in [0.29, 0.717) is 22.8 Å². The lowest BCUT2D eigenvalue weighted by Gasteiger charge is -2.08. The maximum absolute atomic E-state index is 13.3. The van der Waals surface area contributed by atoms with Gasteiger partial charge in [0.25, 0.3) is 10.0 Å². The lowest BCUT2D eigenvalue weighted by Crippen LogP contribution is -2.28. The molecule has 8 heteroatoms. The van der Waals surface area contributed by atoms with E-state index in [4.69, 9.17) is 4.42 Å². The summed E-state index contributed by atoms with van der Waals surface area (Å²) in [6, 6.07) is 5.81. The van der Waals surface area contributed by atoms with E-state index in [0.717, 1.165) is 6.42 Å². The molecule has 2 unspecified atom stereocenters. The van der Waals surface area contributed by atoms with Gasteiger partial charge >= 0.3 is 0 Å². The van der Waals surface area contributed by atoms with Gasteiger partial charge in [0.15, 0.2) is 0 Å². The van der Waals surface area contributed by atoms with Crippen LogP contribution in [0.3, 0.4) is 0 Å². The molecule has 3 rings (SSSR count). The first-order valence-electron chi connectivity index (χ1n) is 7.66. The van der Waals surface area contributed by atoms with Crippen molar-refractivity contribution >= 4 is 15.7 Å². The Kier molecular flexibility index (Phi) is 4.37. The number of aryl methyl sites for hydroxylation is 2. The number of sulfonamides is 1. The van der Waals surface area contributed by atoms with Crippen LogP contribution in [0.2, 0.25) is 0 Å². The number of hydrogen-bond acceptors (Lipinski definition) is 5. The summed E-state index contributed by atoms with van der Waals surface area (Å²) in [5, 5.41) is 0. The molecule has 2 atom stereocenters. The number of nitrogens with one attached hydrogen (secondary N) is 3. The molecule has 1 aromatic heterocycles. The van der Waals surface area contributed by atoms with Crippen LogP contribution in [0.15, 0.2) is 33.6 Å². The Bertz CT molecular complexity index is 863. The molecule has 3 N–H and O–H groups in total. The van der Waals surface area contributed by atoms with E-state index < -0.39 is 10.0 Å². The van der Waals surface area contributed by atoms with E-state index in [2.05, 4.69) is 15.6 Å². The molecule has 6 nitrogen and oxygen atoms in total. The molecule has 0 radical (unpaired) electrons. The maximum atomic E-state index is 13.3. The van der Waals surface area contributed by atoms with E-state index in [-0.39, 0.29) is 22.8 Å². The molecule has 24 heavy (non-hydrogen) atoms. The molecular weight excluding hydrogens is 333 g/mol. The average molecular weight is 353 g/mol. The van der Waals surface area contributed by atoms with Crippen LogP contribution in [-0.2, 0) is 10.0 Å². The third-order valence-electron chi connectivity index (χ3n) is 4.03. The van der Waals surface area contributed by atoms with Crippen molar-refractivity contribution < 1.29 is 17.2 Å². The molecule has 1 aliphatic rings. The zero-order chi connectivity index (χ0) is 17.5. The van der Waals surface area contributed by atoms with E-state index in [9.17, 15) is 12.8 Å². The summed E-state index contributed by atoms with van der Waals surface area (Å²) in [6.07, 6.45) is 0.803. The van der Waals surface area contributed by atoms with Crippen molar-refractivity contribution in [1.29, 1.82) is 0 Å². The van der Waals surface area contributed by atoms with Gasteiger partial charge in [-0.1, -0.05) is 0 Å². The molecular formula is C16H20FN3O3S. The molecule has 0 saturated carbocycles. The predicted molar refractivity (Wildman–Crippen MR) is 88.5 cm³/mol. The molecule has 0 spiro atoms. The van der Waals surface area contributed by atoms with Crippen molar-refractivity contribution in [3.05, 3.63) is 47.2 Å². The number of halogens is 1. The van der Waals surface area contributed by atoms with E-state index in [1.165, 1.54) is 24.3 Å². The van der Waals surface area contributed by atoms with Gasteiger partial charge in [-0.3, -0.25) is 10.1 Å². The van der Waals surface area contributed by atoms with E-state index in [1.54, 1.807) is 13.8 Å². The fourth-order valence-corrected chi connectivity index (χ4v) is 3.98. The smallest absolute Gasteiger partial charge is 0.265 e. The molecule has 0 bridgehead atoms. The highest BCUT2D eigenvalue weighted by Gasteiger charge is 2.28. The Hall–Kier alpha value is -1.90. The summed E-state index contributed by atoms with van der Waals surface area (Å²) in [5.41, 5.74) is 6.83. The summed E-state index contributed by atoms with van der Waals surface area (Å²) in [4.78, 5) is 0.0841. The minimum Gasteiger partial charge on any atom is -0.463 e. The number of benzene rings is 1. The third-order valence-corrected chi connectivity index (χ3v) is 5.52. The minimum absolute atomic E-state index is 0.0734. The fraction of sp³-hybridized carbons (Fsp3) is 0.375. The summed E-state index contributed by atoms with van der Waals surface area (Å²) in [7, 11) is -3.81. The van der Waals surface area contributed by atoms with Crippen LogP contribution in [0.5, 0.6) is 0 Å². The van der Waals surface area contributed by atoms with Crippen molar-refractivity contribution in [1.82, 2.24) is 10.9 Å². The van der Waals surface area contributed by atoms with Gasteiger partial charge in [0.2, 0.25) is 0 Å². The number of hydrazine groups is 1. The highest BCUT2D eigenvalue weighted by atomic mass is 32.2. The van der Waals surface area contributed by atoms with Crippen molar-refractivity contribution in [2.75, 3.05) is 4.72 Å². The van der Waals surface area contributed by atoms with Crippen LogP contribution in [0.25, 0.3) is 0 Å². The van der Waals surface area contributed by atoms with E-state index in [1.807, 2.05) is 6.92 Å². The quantitative estimate of drug-likeness (QED) is 0.787. The van der Waals surface area contributed by atoms with E-state index >= 15 is 0 Å². The monoisotopic (exact) mass is 353 g/mol. The van der Waals surface area contributed by atoms with Gasteiger partial charge in [-0.2, -0.15) is 0 Å². The molecule has 0 aliphatic carbocycles. The standard InChI is InChI=1S/C16H20FN3O3S/c1-9-6-12(4-5-13(9)17)20-24(21,22)16-8-15(23-11(16)3)14-7-10(2)18-19-14/h4-6,8,10,14,18-20H,7H2,1-3H3. The third kappa shape index (κ3) is 3.31. The highest BCUT2D eigenvalue weighted by Crippen LogP contribution is 2.29. The summed E-state index contributed by atoms with van der Waals surface area (Å²) in [6.45, 7) is 5.22. The Morgan fingerprint density at radius 2 is 2.00 bits per heavy atom. The topological polar surface area (TPSA) is 83.4 Å². The largest absolute Gasteiger partial charge is 0.463 e. The first-order chi connectivity index (χ1) is 11.3. The Labute approximate surface area is 140 Å². The summed E-state index contributed by atoms with van der Waals surface area (Å²) < 4.78 is 46.6. The van der Waals surface area contributed by atoms with Crippen LogP contribution in [0.4, 0.5) is 10.1 Å². The highest BCUT2D eigenvalue weighted by molar-refractivity contribution is 7.92. The van der Waals surface area contributed by atoms with Gasteiger partial charge < -0.3 is 4.42 Å². The molecule has 1 fully saturated rings. The molecule has 1 aliphatic heterocycles. The lowest BCUT2D eigenvalue weighted by atomic mass is 10.1. The Morgan fingerprint density at radius 1 is 1.25 bits per heavy atom. The Balaban J connectivity index is 1.86. The number of furan rings is 1. The second-order valence-corrected chi connectivity index (χ2v) is 7.77. The van der Waals surface area contributed by atoms with Crippen LogP contribution in [0.1, 0.15) is 36.5 Å². The SMILES string of the molecule is Cc1cc(NS(=O)(=O)c2cc(C3CC(C)NN3)oc2C)ccc1F. The van der Waals surface area contributed by atoms with Crippen molar-refractivity contribution in [2.45, 2.75) is 44.2 Å². The first kappa shape index (κ1) is 16.9. The molecule has 1 aromatic carbocycles. The van der Waals surface area contributed by atoms with Crippen molar-refractivity contribution in [3.63, 3.8) is 0 Å².